The summed E-state index contributed by atoms with van der Waals surface area (Å²) in [6.45, 7) is 1.93. The summed E-state index contributed by atoms with van der Waals surface area (Å²) in [6.07, 6.45) is 3.04. The van der Waals surface area contributed by atoms with Crippen LogP contribution in [-0.2, 0) is 4.79 Å². The van der Waals surface area contributed by atoms with Gasteiger partial charge in [0.2, 0.25) is 5.91 Å². The summed E-state index contributed by atoms with van der Waals surface area (Å²) < 4.78 is 0. The lowest BCUT2D eigenvalue weighted by atomic mass is 10.2. The summed E-state index contributed by atoms with van der Waals surface area (Å²) in [5, 5.41) is 3.80. The monoisotopic (exact) mass is 308 g/mol. The Morgan fingerprint density at radius 2 is 2.15 bits per heavy atom. The summed E-state index contributed by atoms with van der Waals surface area (Å²) in [6, 6.07) is 5.46. The molecule has 3 N–H and O–H groups in total. The number of carbonyl (C=O) groups is 1. The van der Waals surface area contributed by atoms with Crippen molar-refractivity contribution in [2.45, 2.75) is 11.9 Å². The fourth-order valence-electron chi connectivity index (χ4n) is 1.49. The van der Waals surface area contributed by atoms with Crippen molar-refractivity contribution in [2.75, 3.05) is 16.8 Å². The number of halogens is 1. The smallest absolute Gasteiger partial charge is 0.234 e. The Kier molecular flexibility index (Phi) is 4.81. The molecule has 5 nitrogen and oxygen atoms in total. The Morgan fingerprint density at radius 1 is 1.40 bits per heavy atom. The summed E-state index contributed by atoms with van der Waals surface area (Å²) in [4.78, 5) is 19.8. The Hall–Kier alpha value is -1.79. The number of anilines is 2. The van der Waals surface area contributed by atoms with Crippen molar-refractivity contribution in [1.82, 2.24) is 9.97 Å². The van der Waals surface area contributed by atoms with Crippen LogP contribution in [0.1, 0.15) is 5.56 Å². The highest BCUT2D eigenvalue weighted by molar-refractivity contribution is 8.00. The minimum atomic E-state index is -0.175. The highest BCUT2D eigenvalue weighted by atomic mass is 35.5. The second kappa shape index (κ2) is 6.58. The lowest BCUT2D eigenvalue weighted by Gasteiger charge is -2.08. The minimum absolute atomic E-state index is 0.175. The van der Waals surface area contributed by atoms with Crippen LogP contribution < -0.4 is 11.1 Å². The summed E-state index contributed by atoms with van der Waals surface area (Å²) in [5.41, 5.74) is 7.28. The molecule has 0 aliphatic rings. The number of hydrogen-bond acceptors (Lipinski definition) is 5. The number of nitrogens with one attached hydrogen (secondary N) is 1. The summed E-state index contributed by atoms with van der Waals surface area (Å²) >= 11 is 7.28. The third-order valence-electron chi connectivity index (χ3n) is 2.43. The normalized spacial score (nSPS) is 10.3. The van der Waals surface area contributed by atoms with E-state index in [1.165, 1.54) is 24.2 Å². The molecule has 2 rings (SSSR count). The van der Waals surface area contributed by atoms with Crippen LogP contribution in [0.2, 0.25) is 5.02 Å². The van der Waals surface area contributed by atoms with Gasteiger partial charge in [0, 0.05) is 12.4 Å². The van der Waals surface area contributed by atoms with Crippen molar-refractivity contribution in [3.05, 3.63) is 41.2 Å². The van der Waals surface area contributed by atoms with E-state index < -0.39 is 0 Å². The molecule has 1 amide bonds. The van der Waals surface area contributed by atoms with Gasteiger partial charge >= 0.3 is 0 Å². The average molecular weight is 309 g/mol. The van der Waals surface area contributed by atoms with Gasteiger partial charge in [-0.25, -0.2) is 9.97 Å². The molecule has 0 aliphatic heterocycles. The molecule has 1 aromatic carbocycles. The maximum Gasteiger partial charge on any atom is 0.234 e. The molecule has 0 saturated carbocycles. The molecule has 0 aliphatic carbocycles. The van der Waals surface area contributed by atoms with Crippen LogP contribution in [0.25, 0.3) is 0 Å². The largest absolute Gasteiger partial charge is 0.381 e. The van der Waals surface area contributed by atoms with E-state index in [9.17, 15) is 4.79 Å². The van der Waals surface area contributed by atoms with Gasteiger partial charge in [0.1, 0.15) is 5.03 Å². The van der Waals surface area contributed by atoms with Gasteiger partial charge in [0.25, 0.3) is 0 Å². The van der Waals surface area contributed by atoms with Gasteiger partial charge in [-0.15, -0.1) is 0 Å². The van der Waals surface area contributed by atoms with Gasteiger partial charge in [0.15, 0.2) is 5.82 Å². The molecule has 0 bridgehead atoms. The highest BCUT2D eigenvalue weighted by Crippen LogP contribution is 2.24. The third-order valence-corrected chi connectivity index (χ3v) is 3.74. The fourth-order valence-corrected chi connectivity index (χ4v) is 2.45. The topological polar surface area (TPSA) is 80.9 Å². The zero-order valence-electron chi connectivity index (χ0n) is 10.8. The van der Waals surface area contributed by atoms with E-state index in [1.807, 2.05) is 13.0 Å². The molecular weight excluding hydrogens is 296 g/mol. The predicted molar refractivity (Wildman–Crippen MR) is 82.0 cm³/mol. The van der Waals surface area contributed by atoms with E-state index in [2.05, 4.69) is 15.3 Å². The number of amides is 1. The zero-order chi connectivity index (χ0) is 14.5. The number of thioether (sulfide) groups is 1. The minimum Gasteiger partial charge on any atom is -0.381 e. The maximum atomic E-state index is 11.9. The van der Waals surface area contributed by atoms with E-state index >= 15 is 0 Å². The molecule has 2 aromatic rings. The Labute approximate surface area is 126 Å². The second-order valence-electron chi connectivity index (χ2n) is 4.07. The molecule has 0 radical (unpaired) electrons. The number of aryl methyl sites for hydroxylation is 1. The van der Waals surface area contributed by atoms with Crippen LogP contribution in [0, 0.1) is 6.92 Å². The van der Waals surface area contributed by atoms with E-state index in [0.717, 1.165) is 5.56 Å². The Bertz CT molecular complexity index is 636. The first-order chi connectivity index (χ1) is 9.56. The molecule has 0 saturated heterocycles. The molecule has 7 heteroatoms. The van der Waals surface area contributed by atoms with Gasteiger partial charge in [-0.1, -0.05) is 29.4 Å². The molecule has 1 heterocycles. The SMILES string of the molecule is Cc1ccc(NC(=O)CSc2nccnc2N)c(Cl)c1. The fraction of sp³-hybridized carbons (Fsp3) is 0.154. The van der Waals surface area contributed by atoms with Crippen LogP contribution in [0.3, 0.4) is 0 Å². The van der Waals surface area contributed by atoms with Crippen LogP contribution >= 0.6 is 23.4 Å². The van der Waals surface area contributed by atoms with Crippen molar-refractivity contribution in [3.8, 4) is 0 Å². The number of nitrogens with two attached hydrogens (primary N) is 1. The van der Waals surface area contributed by atoms with Crippen molar-refractivity contribution >= 4 is 40.8 Å². The van der Waals surface area contributed by atoms with E-state index in [0.29, 0.717) is 21.6 Å². The quantitative estimate of drug-likeness (QED) is 0.849. The maximum absolute atomic E-state index is 11.9. The Balaban J connectivity index is 1.94. The van der Waals surface area contributed by atoms with Crippen molar-refractivity contribution in [2.24, 2.45) is 0 Å². The van der Waals surface area contributed by atoms with Gasteiger partial charge < -0.3 is 11.1 Å². The van der Waals surface area contributed by atoms with Crippen LogP contribution in [-0.4, -0.2) is 21.6 Å². The van der Waals surface area contributed by atoms with Crippen molar-refractivity contribution in [1.29, 1.82) is 0 Å². The highest BCUT2D eigenvalue weighted by Gasteiger charge is 2.09. The van der Waals surface area contributed by atoms with Crippen LogP contribution in [0.15, 0.2) is 35.6 Å². The van der Waals surface area contributed by atoms with Crippen LogP contribution in [0.5, 0.6) is 0 Å². The number of aromatic nitrogens is 2. The zero-order valence-corrected chi connectivity index (χ0v) is 12.3. The standard InChI is InChI=1S/C13H13ClN4OS/c1-8-2-3-10(9(14)6-8)18-11(19)7-20-13-12(15)16-4-5-17-13/h2-6H,7H2,1H3,(H2,15,16)(H,18,19). The molecule has 1 aromatic heterocycles. The molecule has 104 valence electrons. The number of hydrogen-bond donors (Lipinski definition) is 2. The predicted octanol–water partition coefficient (Wildman–Crippen LogP) is 2.75. The molecule has 20 heavy (non-hydrogen) atoms. The summed E-state index contributed by atoms with van der Waals surface area (Å²) in [7, 11) is 0. The second-order valence-corrected chi connectivity index (χ2v) is 5.44. The van der Waals surface area contributed by atoms with E-state index in [4.69, 9.17) is 17.3 Å². The molecular formula is C13H13ClN4OS. The van der Waals surface area contributed by atoms with E-state index in [1.54, 1.807) is 12.1 Å². The average Bonchev–Trinajstić information content (AvgIpc) is 2.41. The van der Waals surface area contributed by atoms with Crippen molar-refractivity contribution < 1.29 is 4.79 Å². The van der Waals surface area contributed by atoms with Gasteiger partial charge in [-0.2, -0.15) is 0 Å². The van der Waals surface area contributed by atoms with Gasteiger partial charge in [-0.3, -0.25) is 4.79 Å². The van der Waals surface area contributed by atoms with Gasteiger partial charge in [-0.05, 0) is 24.6 Å². The number of carbonyl (C=O) groups excluding carboxylic acids is 1. The van der Waals surface area contributed by atoms with Crippen LogP contribution in [0.4, 0.5) is 11.5 Å². The number of nitrogens with zero attached hydrogens (tertiary/aromatic N) is 2. The summed E-state index contributed by atoms with van der Waals surface area (Å²) in [5.74, 6) is 0.331. The Morgan fingerprint density at radius 3 is 2.85 bits per heavy atom. The number of rotatable bonds is 4. The molecule has 0 atom stereocenters. The van der Waals surface area contributed by atoms with Crippen molar-refractivity contribution in [3.63, 3.8) is 0 Å². The number of benzene rings is 1. The first kappa shape index (κ1) is 14.6. The molecule has 0 unspecified atom stereocenters. The molecule has 0 fully saturated rings. The lowest BCUT2D eigenvalue weighted by Crippen LogP contribution is -2.14. The number of nitrogen functional groups attached to an aromatic ring is 1. The first-order valence-corrected chi connectivity index (χ1v) is 7.18. The third kappa shape index (κ3) is 3.85. The first-order valence-electron chi connectivity index (χ1n) is 5.81. The molecule has 0 spiro atoms. The lowest BCUT2D eigenvalue weighted by molar-refractivity contribution is -0.113. The van der Waals surface area contributed by atoms with E-state index in [-0.39, 0.29) is 11.7 Å². The van der Waals surface area contributed by atoms with Gasteiger partial charge in [0.05, 0.1) is 16.5 Å².